The van der Waals surface area contributed by atoms with Crippen molar-refractivity contribution in [1.29, 1.82) is 0 Å². The molecular formula is C22H24N2O2S. The van der Waals surface area contributed by atoms with Crippen LogP contribution in [-0.4, -0.2) is 10.9 Å². The summed E-state index contributed by atoms with van der Waals surface area (Å²) in [6.07, 6.45) is 0. The highest BCUT2D eigenvalue weighted by Gasteiger charge is 2.13. The first kappa shape index (κ1) is 19.1. The Morgan fingerprint density at radius 3 is 2.56 bits per heavy atom. The molecule has 2 aromatic carbocycles. The maximum Gasteiger partial charge on any atom is 0.251 e. The van der Waals surface area contributed by atoms with Gasteiger partial charge in [0.2, 0.25) is 0 Å². The van der Waals surface area contributed by atoms with Crippen LogP contribution in [0.3, 0.4) is 0 Å². The maximum absolute atomic E-state index is 12.6. The molecule has 1 aromatic heterocycles. The zero-order valence-electron chi connectivity index (χ0n) is 16.1. The molecule has 0 aliphatic rings. The fourth-order valence-electron chi connectivity index (χ4n) is 2.92. The number of aryl methyl sites for hydroxylation is 3. The Morgan fingerprint density at radius 2 is 1.89 bits per heavy atom. The standard InChI is InChI=1S/C22H24N2O2S/c1-14-5-6-15(2)21(11-14)16(3)23-22(25)18-7-9-20(10-8-18)26-12-19-13-27-17(4)24-19/h5-11,13,16H,12H2,1-4H3,(H,23,25). The molecule has 0 bridgehead atoms. The summed E-state index contributed by atoms with van der Waals surface area (Å²) in [7, 11) is 0. The highest BCUT2D eigenvalue weighted by Crippen LogP contribution is 2.20. The number of amides is 1. The molecule has 0 radical (unpaired) electrons. The Balaban J connectivity index is 1.60. The first-order valence-corrected chi connectivity index (χ1v) is 9.82. The Morgan fingerprint density at radius 1 is 1.15 bits per heavy atom. The number of aromatic nitrogens is 1. The summed E-state index contributed by atoms with van der Waals surface area (Å²) in [5, 5.41) is 6.09. The number of thiazole rings is 1. The molecule has 3 aromatic rings. The lowest BCUT2D eigenvalue weighted by Gasteiger charge is -2.17. The van der Waals surface area contributed by atoms with Crippen LogP contribution < -0.4 is 10.1 Å². The molecule has 140 valence electrons. The number of ether oxygens (including phenoxy) is 1. The highest BCUT2D eigenvalue weighted by atomic mass is 32.1. The number of carbonyl (C=O) groups is 1. The van der Waals surface area contributed by atoms with Crippen molar-refractivity contribution in [3.63, 3.8) is 0 Å². The molecule has 27 heavy (non-hydrogen) atoms. The van der Waals surface area contributed by atoms with Gasteiger partial charge in [-0.05, 0) is 63.1 Å². The minimum absolute atomic E-state index is 0.0544. The smallest absolute Gasteiger partial charge is 0.251 e. The summed E-state index contributed by atoms with van der Waals surface area (Å²) in [6.45, 7) is 8.53. The van der Waals surface area contributed by atoms with Gasteiger partial charge in [0.15, 0.2) is 0 Å². The summed E-state index contributed by atoms with van der Waals surface area (Å²) in [6, 6.07) is 13.4. The molecular weight excluding hydrogens is 356 g/mol. The van der Waals surface area contributed by atoms with E-state index in [1.165, 1.54) is 11.1 Å². The Hall–Kier alpha value is -2.66. The number of carbonyl (C=O) groups excluding carboxylic acids is 1. The van der Waals surface area contributed by atoms with Crippen molar-refractivity contribution in [2.24, 2.45) is 0 Å². The number of benzene rings is 2. The lowest BCUT2D eigenvalue weighted by atomic mass is 10.00. The minimum Gasteiger partial charge on any atom is -0.487 e. The van der Waals surface area contributed by atoms with Crippen molar-refractivity contribution in [3.8, 4) is 5.75 Å². The summed E-state index contributed by atoms with van der Waals surface area (Å²) < 4.78 is 5.73. The van der Waals surface area contributed by atoms with Crippen LogP contribution in [0.1, 0.15) is 50.7 Å². The van der Waals surface area contributed by atoms with Crippen molar-refractivity contribution in [2.45, 2.75) is 40.3 Å². The summed E-state index contributed by atoms with van der Waals surface area (Å²) in [5.41, 5.74) is 5.04. The predicted octanol–water partition coefficient (Wildman–Crippen LogP) is 5.14. The van der Waals surface area contributed by atoms with E-state index in [0.29, 0.717) is 12.2 Å². The third-order valence-electron chi connectivity index (χ3n) is 4.42. The third-order valence-corrected chi connectivity index (χ3v) is 5.24. The Labute approximate surface area is 164 Å². The third kappa shape index (κ3) is 4.95. The van der Waals surface area contributed by atoms with Crippen LogP contribution in [0.2, 0.25) is 0 Å². The van der Waals surface area contributed by atoms with Gasteiger partial charge in [0.05, 0.1) is 16.7 Å². The van der Waals surface area contributed by atoms with Gasteiger partial charge >= 0.3 is 0 Å². The van der Waals surface area contributed by atoms with Crippen LogP contribution in [0.4, 0.5) is 0 Å². The van der Waals surface area contributed by atoms with Crippen molar-refractivity contribution in [2.75, 3.05) is 0 Å². The largest absolute Gasteiger partial charge is 0.487 e. The van der Waals surface area contributed by atoms with Gasteiger partial charge in [-0.1, -0.05) is 23.8 Å². The molecule has 5 heteroatoms. The lowest BCUT2D eigenvalue weighted by molar-refractivity contribution is 0.0939. The molecule has 1 unspecified atom stereocenters. The fourth-order valence-corrected chi connectivity index (χ4v) is 3.52. The van der Waals surface area contributed by atoms with Crippen LogP contribution in [0.15, 0.2) is 47.8 Å². The van der Waals surface area contributed by atoms with Gasteiger partial charge in [0.25, 0.3) is 5.91 Å². The van der Waals surface area contributed by atoms with E-state index < -0.39 is 0 Å². The van der Waals surface area contributed by atoms with Crippen LogP contribution >= 0.6 is 11.3 Å². The predicted molar refractivity (Wildman–Crippen MR) is 109 cm³/mol. The van der Waals surface area contributed by atoms with Crippen LogP contribution in [-0.2, 0) is 6.61 Å². The lowest BCUT2D eigenvalue weighted by Crippen LogP contribution is -2.27. The number of hydrogen-bond acceptors (Lipinski definition) is 4. The van der Waals surface area contributed by atoms with Gasteiger partial charge in [-0.15, -0.1) is 11.3 Å². The number of nitrogens with one attached hydrogen (secondary N) is 1. The average molecular weight is 381 g/mol. The highest BCUT2D eigenvalue weighted by molar-refractivity contribution is 7.09. The Kier molecular flexibility index (Phi) is 5.91. The molecule has 1 heterocycles. The number of nitrogens with zero attached hydrogens (tertiary/aromatic N) is 1. The second-order valence-electron chi connectivity index (χ2n) is 6.73. The van der Waals surface area contributed by atoms with Crippen LogP contribution in [0, 0.1) is 20.8 Å². The van der Waals surface area contributed by atoms with Crippen molar-refractivity contribution < 1.29 is 9.53 Å². The van der Waals surface area contributed by atoms with E-state index in [4.69, 9.17) is 4.74 Å². The van der Waals surface area contributed by atoms with E-state index in [1.807, 2.05) is 31.4 Å². The molecule has 1 N–H and O–H groups in total. The van der Waals surface area contributed by atoms with Crippen LogP contribution in [0.25, 0.3) is 0 Å². The van der Waals surface area contributed by atoms with E-state index in [1.54, 1.807) is 23.5 Å². The zero-order valence-corrected chi connectivity index (χ0v) is 16.9. The normalized spacial score (nSPS) is 11.9. The van der Waals surface area contributed by atoms with Gasteiger partial charge in [-0.2, -0.15) is 0 Å². The fraction of sp³-hybridized carbons (Fsp3) is 0.273. The molecule has 4 nitrogen and oxygen atoms in total. The molecule has 0 saturated carbocycles. The molecule has 0 saturated heterocycles. The molecule has 0 fully saturated rings. The summed E-state index contributed by atoms with van der Waals surface area (Å²) in [4.78, 5) is 16.9. The first-order chi connectivity index (χ1) is 12.9. The maximum atomic E-state index is 12.6. The van der Waals surface area contributed by atoms with E-state index in [-0.39, 0.29) is 11.9 Å². The van der Waals surface area contributed by atoms with Crippen LogP contribution in [0.5, 0.6) is 5.75 Å². The van der Waals surface area contributed by atoms with Crippen molar-refractivity contribution >= 4 is 17.2 Å². The Bertz CT molecular complexity index is 932. The van der Waals surface area contributed by atoms with Crippen molar-refractivity contribution in [3.05, 3.63) is 80.8 Å². The monoisotopic (exact) mass is 380 g/mol. The van der Waals surface area contributed by atoms with E-state index in [0.717, 1.165) is 22.0 Å². The quantitative estimate of drug-likeness (QED) is 0.644. The van der Waals surface area contributed by atoms with E-state index in [2.05, 4.69) is 42.3 Å². The first-order valence-electron chi connectivity index (χ1n) is 8.94. The molecule has 0 aliphatic carbocycles. The average Bonchev–Trinajstić information content (AvgIpc) is 3.07. The zero-order chi connectivity index (χ0) is 19.4. The van der Waals surface area contributed by atoms with Gasteiger partial charge in [-0.3, -0.25) is 4.79 Å². The molecule has 0 spiro atoms. The SMILES string of the molecule is Cc1ccc(C)c(C(C)NC(=O)c2ccc(OCc3csc(C)n3)cc2)c1. The molecule has 1 atom stereocenters. The van der Waals surface area contributed by atoms with Crippen molar-refractivity contribution in [1.82, 2.24) is 10.3 Å². The topological polar surface area (TPSA) is 51.2 Å². The number of rotatable bonds is 6. The second kappa shape index (κ2) is 8.35. The van der Waals surface area contributed by atoms with E-state index in [9.17, 15) is 4.79 Å². The van der Waals surface area contributed by atoms with Gasteiger partial charge in [0, 0.05) is 10.9 Å². The van der Waals surface area contributed by atoms with Gasteiger partial charge in [0.1, 0.15) is 12.4 Å². The molecule has 0 aliphatic heterocycles. The second-order valence-corrected chi connectivity index (χ2v) is 7.79. The minimum atomic E-state index is -0.0925. The molecule has 3 rings (SSSR count). The number of hydrogen-bond donors (Lipinski definition) is 1. The summed E-state index contributed by atoms with van der Waals surface area (Å²) in [5.74, 6) is 0.630. The van der Waals surface area contributed by atoms with Gasteiger partial charge in [-0.25, -0.2) is 4.98 Å². The summed E-state index contributed by atoms with van der Waals surface area (Å²) >= 11 is 1.61. The molecule has 1 amide bonds. The van der Waals surface area contributed by atoms with Gasteiger partial charge < -0.3 is 10.1 Å². The van der Waals surface area contributed by atoms with E-state index >= 15 is 0 Å².